The van der Waals surface area contributed by atoms with Gasteiger partial charge in [-0.3, -0.25) is 4.99 Å². The Morgan fingerprint density at radius 1 is 1.38 bits per heavy atom. The van der Waals surface area contributed by atoms with Crippen molar-refractivity contribution in [3.8, 4) is 0 Å². The lowest BCUT2D eigenvalue weighted by atomic mass is 10.0. The highest BCUT2D eigenvalue weighted by Crippen LogP contribution is 2.25. The van der Waals surface area contributed by atoms with Gasteiger partial charge in [-0.25, -0.2) is 4.98 Å². The minimum atomic E-state index is 0. The van der Waals surface area contributed by atoms with Crippen LogP contribution in [0.4, 0.5) is 5.82 Å². The Morgan fingerprint density at radius 2 is 2.19 bits per heavy atom. The lowest BCUT2D eigenvalue weighted by Gasteiger charge is -2.22. The minimum absolute atomic E-state index is 0. The molecule has 1 aromatic heterocycles. The van der Waals surface area contributed by atoms with Gasteiger partial charge in [-0.1, -0.05) is 11.6 Å². The van der Waals surface area contributed by atoms with Crippen LogP contribution in [0.15, 0.2) is 23.3 Å². The van der Waals surface area contributed by atoms with Crippen molar-refractivity contribution in [2.24, 2.45) is 10.9 Å². The largest absolute Gasteiger partial charge is 0.381 e. The van der Waals surface area contributed by atoms with Crippen molar-refractivity contribution >= 4 is 47.4 Å². The molecule has 8 heteroatoms. The molecule has 0 spiro atoms. The molecule has 3 rings (SSSR count). The number of anilines is 1. The highest BCUT2D eigenvalue weighted by molar-refractivity contribution is 14.0. The number of nitrogens with one attached hydrogen (secondary N) is 2. The monoisotopic (exact) mass is 493 g/mol. The quantitative estimate of drug-likeness (QED) is 0.375. The molecule has 1 atom stereocenters. The summed E-state index contributed by atoms with van der Waals surface area (Å²) < 4.78 is 5.42. The van der Waals surface area contributed by atoms with E-state index in [0.717, 1.165) is 70.4 Å². The third-order valence-corrected chi connectivity index (χ3v) is 5.06. The van der Waals surface area contributed by atoms with Gasteiger partial charge < -0.3 is 20.3 Å². The second-order valence-electron chi connectivity index (χ2n) is 6.66. The molecule has 0 bridgehead atoms. The first-order valence-electron chi connectivity index (χ1n) is 9.24. The van der Waals surface area contributed by atoms with Crippen molar-refractivity contribution in [3.63, 3.8) is 0 Å². The number of guanidine groups is 1. The van der Waals surface area contributed by atoms with Gasteiger partial charge in [0.05, 0.1) is 5.02 Å². The van der Waals surface area contributed by atoms with Crippen LogP contribution in [0.2, 0.25) is 5.02 Å². The Morgan fingerprint density at radius 3 is 2.92 bits per heavy atom. The first-order chi connectivity index (χ1) is 12.3. The Balaban J connectivity index is 0.00000243. The number of hydrogen-bond donors (Lipinski definition) is 2. The molecule has 3 heterocycles. The fourth-order valence-corrected chi connectivity index (χ4v) is 3.58. The van der Waals surface area contributed by atoms with E-state index < -0.39 is 0 Å². The van der Waals surface area contributed by atoms with E-state index in [4.69, 9.17) is 21.3 Å². The van der Waals surface area contributed by atoms with Gasteiger partial charge in [0.15, 0.2) is 5.96 Å². The molecule has 1 aromatic rings. The highest BCUT2D eigenvalue weighted by Gasteiger charge is 2.25. The number of halogens is 2. The molecular weight excluding hydrogens is 465 g/mol. The van der Waals surface area contributed by atoms with Gasteiger partial charge in [0, 0.05) is 51.6 Å². The molecule has 146 valence electrons. The van der Waals surface area contributed by atoms with Gasteiger partial charge in [-0.05, 0) is 44.2 Å². The van der Waals surface area contributed by atoms with Gasteiger partial charge >= 0.3 is 0 Å². The zero-order chi connectivity index (χ0) is 17.5. The molecule has 0 aliphatic carbocycles. The fraction of sp³-hybridized carbons (Fsp3) is 0.667. The summed E-state index contributed by atoms with van der Waals surface area (Å²) in [6, 6.07) is 4.11. The lowest BCUT2D eigenvalue weighted by Crippen LogP contribution is -2.45. The van der Waals surface area contributed by atoms with Gasteiger partial charge in [0.25, 0.3) is 0 Å². The maximum atomic E-state index is 6.27. The van der Waals surface area contributed by atoms with E-state index in [1.165, 1.54) is 0 Å². The molecule has 1 unspecified atom stereocenters. The smallest absolute Gasteiger partial charge is 0.191 e. The molecule has 2 fully saturated rings. The molecule has 0 amide bonds. The Hall–Kier alpha value is -0.800. The van der Waals surface area contributed by atoms with Crippen molar-refractivity contribution < 1.29 is 4.74 Å². The zero-order valence-electron chi connectivity index (χ0n) is 15.3. The average Bonchev–Trinajstić information content (AvgIpc) is 3.09. The van der Waals surface area contributed by atoms with Gasteiger partial charge in [-0.2, -0.15) is 0 Å². The lowest BCUT2D eigenvalue weighted by molar-refractivity contribution is 0.0689. The summed E-state index contributed by atoms with van der Waals surface area (Å²) in [7, 11) is 0. The van der Waals surface area contributed by atoms with Crippen molar-refractivity contribution in [3.05, 3.63) is 23.4 Å². The van der Waals surface area contributed by atoms with Crippen LogP contribution in [-0.4, -0.2) is 56.4 Å². The van der Waals surface area contributed by atoms with E-state index >= 15 is 0 Å². The van der Waals surface area contributed by atoms with E-state index in [-0.39, 0.29) is 24.0 Å². The van der Waals surface area contributed by atoms with Gasteiger partial charge in [0.1, 0.15) is 5.82 Å². The predicted molar refractivity (Wildman–Crippen MR) is 118 cm³/mol. The molecule has 26 heavy (non-hydrogen) atoms. The van der Waals surface area contributed by atoms with Crippen LogP contribution in [0.3, 0.4) is 0 Å². The molecule has 2 saturated heterocycles. The Kier molecular flexibility index (Phi) is 9.21. The minimum Gasteiger partial charge on any atom is -0.381 e. The van der Waals surface area contributed by atoms with Crippen molar-refractivity contribution in [1.29, 1.82) is 0 Å². The summed E-state index contributed by atoms with van der Waals surface area (Å²) in [4.78, 5) is 11.4. The number of hydrogen-bond acceptors (Lipinski definition) is 4. The topological polar surface area (TPSA) is 61.8 Å². The normalized spacial score (nSPS) is 21.4. The van der Waals surface area contributed by atoms with Crippen LogP contribution < -0.4 is 15.5 Å². The number of ether oxygens (including phenoxy) is 1. The highest BCUT2D eigenvalue weighted by atomic mass is 127. The fourth-order valence-electron chi connectivity index (χ4n) is 3.34. The SMILES string of the molecule is CCNC(=NCC1CCOCC1)NC1CCN(c2ncccc2Cl)C1.I. The number of pyridine rings is 1. The third-order valence-electron chi connectivity index (χ3n) is 4.76. The van der Waals surface area contributed by atoms with Gasteiger partial charge in [0.2, 0.25) is 0 Å². The van der Waals surface area contributed by atoms with Crippen LogP contribution in [0.25, 0.3) is 0 Å². The Labute approximate surface area is 178 Å². The van der Waals surface area contributed by atoms with Crippen molar-refractivity contribution in [2.75, 3.05) is 44.3 Å². The van der Waals surface area contributed by atoms with Crippen molar-refractivity contribution in [1.82, 2.24) is 15.6 Å². The molecule has 0 saturated carbocycles. The molecule has 0 aromatic carbocycles. The van der Waals surface area contributed by atoms with E-state index in [2.05, 4.69) is 27.4 Å². The zero-order valence-corrected chi connectivity index (χ0v) is 18.4. The van der Waals surface area contributed by atoms with Gasteiger partial charge in [-0.15, -0.1) is 24.0 Å². The van der Waals surface area contributed by atoms with Crippen LogP contribution >= 0.6 is 35.6 Å². The number of aliphatic imine (C=N–C) groups is 1. The summed E-state index contributed by atoms with van der Waals surface area (Å²) in [5.74, 6) is 2.42. The standard InChI is InChI=1S/C18H28ClN5O.HI/c1-2-20-18(22-12-14-6-10-25-11-7-14)23-15-5-9-24(13-15)17-16(19)4-3-8-21-17;/h3-4,8,14-15H,2,5-7,9-13H2,1H3,(H2,20,22,23);1H. The first-order valence-corrected chi connectivity index (χ1v) is 9.62. The number of rotatable bonds is 5. The first kappa shape index (κ1) is 21.5. The second kappa shape index (κ2) is 11.1. The van der Waals surface area contributed by atoms with Crippen LogP contribution in [-0.2, 0) is 4.74 Å². The van der Waals surface area contributed by atoms with Crippen molar-refractivity contribution in [2.45, 2.75) is 32.2 Å². The van der Waals surface area contributed by atoms with E-state index in [0.29, 0.717) is 17.0 Å². The van der Waals surface area contributed by atoms with Crippen LogP contribution in [0.1, 0.15) is 26.2 Å². The molecule has 2 N–H and O–H groups in total. The summed E-state index contributed by atoms with van der Waals surface area (Å²) in [5, 5.41) is 7.64. The van der Waals surface area contributed by atoms with Crippen LogP contribution in [0, 0.1) is 5.92 Å². The summed E-state index contributed by atoms with van der Waals surface area (Å²) in [5.41, 5.74) is 0. The number of nitrogens with zero attached hydrogens (tertiary/aromatic N) is 3. The van der Waals surface area contributed by atoms with E-state index in [1.807, 2.05) is 12.1 Å². The summed E-state index contributed by atoms with van der Waals surface area (Å²) in [6.07, 6.45) is 5.06. The summed E-state index contributed by atoms with van der Waals surface area (Å²) >= 11 is 6.27. The van der Waals surface area contributed by atoms with E-state index in [9.17, 15) is 0 Å². The molecule has 2 aliphatic heterocycles. The second-order valence-corrected chi connectivity index (χ2v) is 7.07. The Bertz CT molecular complexity index is 582. The predicted octanol–water partition coefficient (Wildman–Crippen LogP) is 2.91. The third kappa shape index (κ3) is 6.13. The molecule has 6 nitrogen and oxygen atoms in total. The summed E-state index contributed by atoms with van der Waals surface area (Å²) in [6.45, 7) is 7.40. The van der Waals surface area contributed by atoms with Crippen LogP contribution in [0.5, 0.6) is 0 Å². The maximum Gasteiger partial charge on any atom is 0.191 e. The molecule has 2 aliphatic rings. The molecular formula is C18H29ClIN5O. The molecule has 0 radical (unpaired) electrons. The maximum absolute atomic E-state index is 6.27. The number of aromatic nitrogens is 1. The average molecular weight is 494 g/mol. The van der Waals surface area contributed by atoms with E-state index in [1.54, 1.807) is 6.20 Å².